The summed E-state index contributed by atoms with van der Waals surface area (Å²) in [5, 5.41) is 0. The molecule has 0 N–H and O–H groups in total. The smallest absolute Gasteiger partial charge is 0.0236 e. The minimum Gasteiger partial charge on any atom is -0.300 e. The van der Waals surface area contributed by atoms with E-state index < -0.39 is 0 Å². The quantitative estimate of drug-likeness (QED) is 0.627. The molecular weight excluding hydrogens is 340 g/mol. The molecule has 0 bridgehead atoms. The van der Waals surface area contributed by atoms with Crippen molar-refractivity contribution in [1.82, 2.24) is 9.80 Å². The van der Waals surface area contributed by atoms with E-state index in [-0.39, 0.29) is 0 Å². The maximum atomic E-state index is 2.81. The van der Waals surface area contributed by atoms with Crippen LogP contribution in [0.1, 0.15) is 56.1 Å². The third kappa shape index (κ3) is 5.46. The summed E-state index contributed by atoms with van der Waals surface area (Å²) >= 11 is 0. The molecule has 0 atom stereocenters. The van der Waals surface area contributed by atoms with E-state index in [2.05, 4.69) is 70.5 Å². The van der Waals surface area contributed by atoms with Gasteiger partial charge in [0.1, 0.15) is 0 Å². The first kappa shape index (κ1) is 19.7. The fourth-order valence-corrected chi connectivity index (χ4v) is 5.19. The molecule has 2 aliphatic rings. The summed E-state index contributed by atoms with van der Waals surface area (Å²) in [5.41, 5.74) is 2.91. The summed E-state index contributed by atoms with van der Waals surface area (Å²) in [4.78, 5) is 5.58. The molecule has 2 aromatic carbocycles. The Balaban J connectivity index is 1.37. The van der Waals surface area contributed by atoms with Crippen molar-refractivity contribution in [2.24, 2.45) is 0 Å². The van der Waals surface area contributed by atoms with E-state index in [1.54, 1.807) is 0 Å². The standard InChI is InChI=1S/C26H36N2/c1-4-10-23(11-5-1)16-19-28(22-24-12-6-2-7-13-24)26-17-20-27(21-18-26)25-14-8-3-9-15-25/h1-2,4-7,10-13,25-26H,3,8-9,14-22H2. The summed E-state index contributed by atoms with van der Waals surface area (Å²) < 4.78 is 0. The van der Waals surface area contributed by atoms with Gasteiger partial charge in [0, 0.05) is 25.2 Å². The summed E-state index contributed by atoms with van der Waals surface area (Å²) in [5.74, 6) is 0. The van der Waals surface area contributed by atoms with Crippen LogP contribution in [0.15, 0.2) is 60.7 Å². The maximum Gasteiger partial charge on any atom is 0.0236 e. The minimum atomic E-state index is 0.726. The Hall–Kier alpha value is -1.64. The number of piperidine rings is 1. The van der Waals surface area contributed by atoms with E-state index in [1.807, 2.05) is 0 Å². The molecule has 0 spiro atoms. The molecule has 1 aliphatic heterocycles. The van der Waals surface area contributed by atoms with Gasteiger partial charge < -0.3 is 4.90 Å². The third-order valence-electron chi connectivity index (χ3n) is 6.87. The van der Waals surface area contributed by atoms with Crippen LogP contribution in [0.3, 0.4) is 0 Å². The van der Waals surface area contributed by atoms with Gasteiger partial charge in [-0.3, -0.25) is 4.90 Å². The van der Waals surface area contributed by atoms with Gasteiger partial charge >= 0.3 is 0 Å². The molecule has 2 heteroatoms. The zero-order valence-corrected chi connectivity index (χ0v) is 17.3. The van der Waals surface area contributed by atoms with E-state index in [9.17, 15) is 0 Å². The van der Waals surface area contributed by atoms with E-state index in [0.29, 0.717) is 0 Å². The van der Waals surface area contributed by atoms with Gasteiger partial charge in [-0.25, -0.2) is 0 Å². The van der Waals surface area contributed by atoms with E-state index in [1.165, 1.54) is 69.2 Å². The van der Waals surface area contributed by atoms with Crippen molar-refractivity contribution in [3.05, 3.63) is 71.8 Å². The van der Waals surface area contributed by atoms with Gasteiger partial charge in [-0.1, -0.05) is 79.9 Å². The van der Waals surface area contributed by atoms with Crippen LogP contribution in [-0.2, 0) is 13.0 Å². The predicted molar refractivity (Wildman–Crippen MR) is 118 cm³/mol. The van der Waals surface area contributed by atoms with Crippen LogP contribution in [0.4, 0.5) is 0 Å². The molecule has 0 aromatic heterocycles. The molecule has 1 heterocycles. The summed E-state index contributed by atoms with van der Waals surface area (Å²) in [7, 11) is 0. The topological polar surface area (TPSA) is 6.48 Å². The predicted octanol–water partition coefficient (Wildman–Crippen LogP) is 5.53. The van der Waals surface area contributed by atoms with Gasteiger partial charge in [0.15, 0.2) is 0 Å². The molecule has 0 amide bonds. The zero-order valence-electron chi connectivity index (χ0n) is 17.3. The van der Waals surface area contributed by atoms with Crippen LogP contribution >= 0.6 is 0 Å². The van der Waals surface area contributed by atoms with E-state index >= 15 is 0 Å². The SMILES string of the molecule is c1ccc(CCN(Cc2ccccc2)C2CCN(C3CCCCC3)CC2)cc1. The number of nitrogens with zero attached hydrogens (tertiary/aromatic N) is 2. The van der Waals surface area contributed by atoms with Gasteiger partial charge in [-0.05, 0) is 56.3 Å². The van der Waals surface area contributed by atoms with Crippen LogP contribution in [0.25, 0.3) is 0 Å². The highest BCUT2D eigenvalue weighted by molar-refractivity contribution is 5.16. The lowest BCUT2D eigenvalue weighted by atomic mass is 9.91. The molecule has 1 saturated carbocycles. The Labute approximate surface area is 171 Å². The monoisotopic (exact) mass is 376 g/mol. The third-order valence-corrected chi connectivity index (χ3v) is 6.87. The van der Waals surface area contributed by atoms with Crippen molar-refractivity contribution >= 4 is 0 Å². The summed E-state index contributed by atoms with van der Waals surface area (Å²) in [6.45, 7) is 4.84. The van der Waals surface area contributed by atoms with Crippen LogP contribution in [0.2, 0.25) is 0 Å². The number of likely N-dealkylation sites (tertiary alicyclic amines) is 1. The minimum absolute atomic E-state index is 0.726. The van der Waals surface area contributed by atoms with E-state index in [0.717, 1.165) is 31.6 Å². The molecule has 2 aromatic rings. The molecule has 1 aliphatic carbocycles. The van der Waals surface area contributed by atoms with Gasteiger partial charge in [0.25, 0.3) is 0 Å². The Bertz CT molecular complexity index is 670. The second kappa shape index (κ2) is 10.2. The lowest BCUT2D eigenvalue weighted by Gasteiger charge is -2.42. The van der Waals surface area contributed by atoms with Crippen molar-refractivity contribution < 1.29 is 0 Å². The fourth-order valence-electron chi connectivity index (χ4n) is 5.19. The zero-order chi connectivity index (χ0) is 19.0. The van der Waals surface area contributed by atoms with Crippen molar-refractivity contribution in [3.63, 3.8) is 0 Å². The Kier molecular flexibility index (Phi) is 7.18. The van der Waals surface area contributed by atoms with Gasteiger partial charge in [0.2, 0.25) is 0 Å². The Morgan fingerprint density at radius 2 is 1.32 bits per heavy atom. The highest BCUT2D eigenvalue weighted by atomic mass is 15.2. The molecule has 4 rings (SSSR count). The molecule has 28 heavy (non-hydrogen) atoms. The van der Waals surface area contributed by atoms with Crippen LogP contribution in [0, 0.1) is 0 Å². The summed E-state index contributed by atoms with van der Waals surface area (Å²) in [6, 6.07) is 23.6. The number of benzene rings is 2. The first-order valence-corrected chi connectivity index (χ1v) is 11.4. The van der Waals surface area contributed by atoms with Gasteiger partial charge in [-0.2, -0.15) is 0 Å². The summed E-state index contributed by atoms with van der Waals surface area (Å²) in [6.07, 6.45) is 11.0. The van der Waals surface area contributed by atoms with Gasteiger partial charge in [-0.15, -0.1) is 0 Å². The number of hydrogen-bond donors (Lipinski definition) is 0. The highest BCUT2D eigenvalue weighted by Gasteiger charge is 2.28. The highest BCUT2D eigenvalue weighted by Crippen LogP contribution is 2.27. The second-order valence-corrected chi connectivity index (χ2v) is 8.75. The normalized spacial score (nSPS) is 19.9. The van der Waals surface area contributed by atoms with Crippen molar-refractivity contribution in [2.75, 3.05) is 19.6 Å². The number of rotatable bonds is 7. The average Bonchev–Trinajstić information content (AvgIpc) is 2.79. The lowest BCUT2D eigenvalue weighted by Crippen LogP contribution is -2.48. The van der Waals surface area contributed by atoms with Crippen molar-refractivity contribution in [1.29, 1.82) is 0 Å². The largest absolute Gasteiger partial charge is 0.300 e. The van der Waals surface area contributed by atoms with Gasteiger partial charge in [0.05, 0.1) is 0 Å². The molecule has 2 nitrogen and oxygen atoms in total. The Morgan fingerprint density at radius 3 is 1.96 bits per heavy atom. The van der Waals surface area contributed by atoms with Crippen LogP contribution < -0.4 is 0 Å². The van der Waals surface area contributed by atoms with Crippen LogP contribution in [-0.4, -0.2) is 41.5 Å². The molecule has 2 fully saturated rings. The van der Waals surface area contributed by atoms with Crippen LogP contribution in [0.5, 0.6) is 0 Å². The maximum absolute atomic E-state index is 2.81. The molecular formula is C26H36N2. The first-order valence-electron chi connectivity index (χ1n) is 11.4. The fraction of sp³-hybridized carbons (Fsp3) is 0.538. The van der Waals surface area contributed by atoms with Crippen molar-refractivity contribution in [3.8, 4) is 0 Å². The first-order chi connectivity index (χ1) is 13.9. The van der Waals surface area contributed by atoms with Crippen molar-refractivity contribution in [2.45, 2.75) is 70.0 Å². The molecule has 0 unspecified atom stereocenters. The Morgan fingerprint density at radius 1 is 0.714 bits per heavy atom. The van der Waals surface area contributed by atoms with E-state index in [4.69, 9.17) is 0 Å². The number of hydrogen-bond acceptors (Lipinski definition) is 2. The molecule has 0 radical (unpaired) electrons. The second-order valence-electron chi connectivity index (χ2n) is 8.75. The molecule has 150 valence electrons. The average molecular weight is 377 g/mol. The lowest BCUT2D eigenvalue weighted by molar-refractivity contribution is 0.0673. The molecule has 1 saturated heterocycles.